The van der Waals surface area contributed by atoms with Crippen molar-refractivity contribution in [2.24, 2.45) is 0 Å². The molecule has 0 unspecified atom stereocenters. The number of nitrogens with zero attached hydrogens (tertiary/aromatic N) is 4. The van der Waals surface area contributed by atoms with Gasteiger partial charge in [0.2, 0.25) is 0 Å². The van der Waals surface area contributed by atoms with Crippen molar-refractivity contribution >= 4 is 11.9 Å². The summed E-state index contributed by atoms with van der Waals surface area (Å²) in [5.74, 6) is -2.45. The van der Waals surface area contributed by atoms with Crippen molar-refractivity contribution in [1.82, 2.24) is 25.7 Å². The molecule has 3 aromatic heterocycles. The molecule has 0 fully saturated rings. The lowest BCUT2D eigenvalue weighted by atomic mass is 10.1. The number of nitrogens with one attached hydrogen (secondary N) is 1. The SMILES string of the molecule is O=C(NCCCN(Cc1cnoc1)Cc1cnoc1)c1cc(-c2ccccc2)on1.O=C(O)C(F)(F)F. The van der Waals surface area contributed by atoms with Crippen LogP contribution < -0.4 is 5.32 Å². The Labute approximate surface area is 207 Å². The average molecular weight is 521 g/mol. The number of carbonyl (C=O) groups is 2. The Bertz CT molecular complexity index is 1190. The van der Waals surface area contributed by atoms with Gasteiger partial charge in [-0.2, -0.15) is 13.2 Å². The number of carboxylic acid groups (broad SMARTS) is 1. The summed E-state index contributed by atoms with van der Waals surface area (Å²) in [6.45, 7) is 2.61. The predicted octanol–water partition coefficient (Wildman–Crippen LogP) is 3.77. The molecule has 0 bridgehead atoms. The Kier molecular flexibility index (Phi) is 9.55. The molecule has 14 heteroatoms. The molecule has 1 amide bonds. The van der Waals surface area contributed by atoms with Gasteiger partial charge in [0.05, 0.1) is 12.4 Å². The van der Waals surface area contributed by atoms with E-state index in [1.807, 2.05) is 30.3 Å². The molecule has 0 radical (unpaired) electrons. The number of carbonyl (C=O) groups excluding carboxylic acids is 1. The molecule has 37 heavy (non-hydrogen) atoms. The van der Waals surface area contributed by atoms with E-state index in [2.05, 4.69) is 25.7 Å². The van der Waals surface area contributed by atoms with Crippen LogP contribution in [0, 0.1) is 0 Å². The van der Waals surface area contributed by atoms with Gasteiger partial charge in [-0.15, -0.1) is 0 Å². The number of alkyl halides is 3. The summed E-state index contributed by atoms with van der Waals surface area (Å²) in [7, 11) is 0. The Morgan fingerprint density at radius 1 is 1.00 bits per heavy atom. The third-order valence-corrected chi connectivity index (χ3v) is 4.76. The number of aromatic nitrogens is 3. The average Bonchev–Trinajstić information content (AvgIpc) is 3.65. The molecule has 0 spiro atoms. The topological polar surface area (TPSA) is 148 Å². The molecule has 4 rings (SSSR count). The number of halogens is 3. The Morgan fingerprint density at radius 2 is 1.59 bits per heavy atom. The second-order valence-electron chi connectivity index (χ2n) is 7.63. The maximum atomic E-state index is 12.4. The summed E-state index contributed by atoms with van der Waals surface area (Å²) < 4.78 is 46.8. The van der Waals surface area contributed by atoms with Crippen LogP contribution in [0.1, 0.15) is 28.0 Å². The number of hydrogen-bond donors (Lipinski definition) is 2. The van der Waals surface area contributed by atoms with E-state index in [0.717, 1.165) is 29.7 Å². The lowest BCUT2D eigenvalue weighted by Gasteiger charge is -2.20. The quantitative estimate of drug-likeness (QED) is 0.296. The maximum Gasteiger partial charge on any atom is 0.490 e. The van der Waals surface area contributed by atoms with Gasteiger partial charge in [0.1, 0.15) is 12.5 Å². The molecule has 196 valence electrons. The van der Waals surface area contributed by atoms with Crippen LogP contribution in [0.4, 0.5) is 13.2 Å². The van der Waals surface area contributed by atoms with E-state index in [1.165, 1.54) is 0 Å². The van der Waals surface area contributed by atoms with Crippen molar-refractivity contribution in [1.29, 1.82) is 0 Å². The van der Waals surface area contributed by atoms with Crippen molar-refractivity contribution in [3.8, 4) is 11.3 Å². The van der Waals surface area contributed by atoms with Gasteiger partial charge in [-0.1, -0.05) is 45.8 Å². The van der Waals surface area contributed by atoms with E-state index < -0.39 is 12.1 Å². The standard InChI is InChI=1S/C21H21N5O4.C2HF3O2/c27-21(19-9-20(30-25-19)18-5-2-1-3-6-18)22-7-4-8-26(12-16-10-23-28-14-16)13-17-11-24-29-15-17;3-2(4,5)1(6)7/h1-3,5-6,9-11,14-15H,4,7-8,12-13H2,(H,22,27);(H,6,7). The van der Waals surface area contributed by atoms with Gasteiger partial charge in [0.15, 0.2) is 11.5 Å². The molecule has 11 nitrogen and oxygen atoms in total. The van der Waals surface area contributed by atoms with Crippen molar-refractivity contribution in [2.75, 3.05) is 13.1 Å². The zero-order valence-corrected chi connectivity index (χ0v) is 19.2. The van der Waals surface area contributed by atoms with Crippen molar-refractivity contribution in [2.45, 2.75) is 25.7 Å². The molecule has 0 atom stereocenters. The van der Waals surface area contributed by atoms with Crippen molar-refractivity contribution in [3.05, 3.63) is 78.1 Å². The minimum Gasteiger partial charge on any atom is -0.475 e. The molecule has 0 aliphatic rings. The van der Waals surface area contributed by atoms with E-state index in [1.54, 1.807) is 31.0 Å². The summed E-state index contributed by atoms with van der Waals surface area (Å²) >= 11 is 0. The monoisotopic (exact) mass is 521 g/mol. The molecule has 2 N–H and O–H groups in total. The van der Waals surface area contributed by atoms with Crippen LogP contribution in [0.3, 0.4) is 0 Å². The molecule has 0 aliphatic heterocycles. The number of benzene rings is 1. The third kappa shape index (κ3) is 8.92. The maximum absolute atomic E-state index is 12.4. The van der Waals surface area contributed by atoms with Crippen LogP contribution >= 0.6 is 0 Å². The fourth-order valence-corrected chi connectivity index (χ4v) is 3.06. The van der Waals surface area contributed by atoms with Crippen molar-refractivity contribution < 1.29 is 41.4 Å². The summed E-state index contributed by atoms with van der Waals surface area (Å²) in [6.07, 6.45) is 2.30. The minimum atomic E-state index is -5.08. The fraction of sp³-hybridized carbons (Fsp3) is 0.261. The second kappa shape index (κ2) is 13.0. The highest BCUT2D eigenvalue weighted by molar-refractivity contribution is 5.93. The van der Waals surface area contributed by atoms with E-state index >= 15 is 0 Å². The normalized spacial score (nSPS) is 11.1. The van der Waals surface area contributed by atoms with Crippen LogP contribution in [0.15, 0.2) is 74.9 Å². The fourth-order valence-electron chi connectivity index (χ4n) is 3.06. The summed E-state index contributed by atoms with van der Waals surface area (Å²) in [4.78, 5) is 23.5. The van der Waals surface area contributed by atoms with E-state index in [4.69, 9.17) is 23.5 Å². The second-order valence-corrected chi connectivity index (χ2v) is 7.63. The Morgan fingerprint density at radius 3 is 2.11 bits per heavy atom. The minimum absolute atomic E-state index is 0.259. The third-order valence-electron chi connectivity index (χ3n) is 4.76. The molecule has 0 saturated heterocycles. The first kappa shape index (κ1) is 27.1. The first-order valence-electron chi connectivity index (χ1n) is 10.8. The number of amides is 1. The lowest BCUT2D eigenvalue weighted by molar-refractivity contribution is -0.192. The van der Waals surface area contributed by atoms with E-state index in [-0.39, 0.29) is 11.6 Å². The molecule has 0 saturated carbocycles. The number of hydrogen-bond acceptors (Lipinski definition) is 9. The predicted molar refractivity (Wildman–Crippen MR) is 120 cm³/mol. The van der Waals surface area contributed by atoms with Crippen LogP contribution in [0.25, 0.3) is 11.3 Å². The summed E-state index contributed by atoms with van der Waals surface area (Å²) in [6, 6.07) is 11.2. The zero-order chi connectivity index (χ0) is 26.7. The van der Waals surface area contributed by atoms with Crippen LogP contribution in [-0.4, -0.2) is 56.6 Å². The molecule has 1 aromatic carbocycles. The van der Waals surface area contributed by atoms with Gasteiger partial charge >= 0.3 is 12.1 Å². The summed E-state index contributed by atoms with van der Waals surface area (Å²) in [5, 5.41) is 21.4. The van der Waals surface area contributed by atoms with Crippen molar-refractivity contribution in [3.63, 3.8) is 0 Å². The molecular weight excluding hydrogens is 499 g/mol. The highest BCUT2D eigenvalue weighted by atomic mass is 19.4. The summed E-state index contributed by atoms with van der Waals surface area (Å²) in [5.41, 5.74) is 3.10. The van der Waals surface area contributed by atoms with Gasteiger partial charge in [0, 0.05) is 48.9 Å². The zero-order valence-electron chi connectivity index (χ0n) is 19.2. The number of rotatable bonds is 10. The van der Waals surface area contributed by atoms with E-state index in [9.17, 15) is 18.0 Å². The molecule has 3 heterocycles. The Hall–Kier alpha value is -4.46. The van der Waals surface area contributed by atoms with E-state index in [0.29, 0.717) is 25.4 Å². The van der Waals surface area contributed by atoms with Crippen LogP contribution in [-0.2, 0) is 17.9 Å². The van der Waals surface area contributed by atoms with Gasteiger partial charge in [0.25, 0.3) is 5.91 Å². The lowest BCUT2D eigenvalue weighted by Crippen LogP contribution is -2.29. The van der Waals surface area contributed by atoms with Gasteiger partial charge in [-0.05, 0) is 6.42 Å². The first-order valence-corrected chi connectivity index (χ1v) is 10.8. The first-order chi connectivity index (χ1) is 17.7. The number of aliphatic carboxylic acids is 1. The highest BCUT2D eigenvalue weighted by Gasteiger charge is 2.38. The highest BCUT2D eigenvalue weighted by Crippen LogP contribution is 2.19. The Balaban J connectivity index is 0.000000479. The van der Waals surface area contributed by atoms with Gasteiger partial charge in [-0.25, -0.2) is 4.79 Å². The molecular formula is C23H22F3N5O6. The smallest absolute Gasteiger partial charge is 0.475 e. The number of carboxylic acids is 1. The van der Waals surface area contributed by atoms with Crippen LogP contribution in [0.2, 0.25) is 0 Å². The van der Waals surface area contributed by atoms with Crippen LogP contribution in [0.5, 0.6) is 0 Å². The largest absolute Gasteiger partial charge is 0.490 e. The van der Waals surface area contributed by atoms with Gasteiger partial charge in [-0.3, -0.25) is 9.69 Å². The van der Waals surface area contributed by atoms with Gasteiger partial charge < -0.3 is 24.0 Å². The molecule has 4 aromatic rings. The molecule has 0 aliphatic carbocycles.